The summed E-state index contributed by atoms with van der Waals surface area (Å²) in [5.74, 6) is -0.976. The van der Waals surface area contributed by atoms with Crippen molar-refractivity contribution in [2.45, 2.75) is 6.61 Å². The summed E-state index contributed by atoms with van der Waals surface area (Å²) in [4.78, 5) is 10.7. The van der Waals surface area contributed by atoms with Gasteiger partial charge in [-0.15, -0.1) is 0 Å². The normalized spacial score (nSPS) is 10.2. The van der Waals surface area contributed by atoms with Gasteiger partial charge in [0.25, 0.3) is 0 Å². The number of hydrogen-bond acceptors (Lipinski definition) is 2. The molecule has 0 unspecified atom stereocenters. The highest BCUT2D eigenvalue weighted by molar-refractivity contribution is 6.30. The number of halogens is 2. The molecule has 0 amide bonds. The highest BCUT2D eigenvalue weighted by Crippen LogP contribution is 2.18. The Bertz CT molecular complexity index is 596. The van der Waals surface area contributed by atoms with Gasteiger partial charge in [-0.1, -0.05) is 17.7 Å². The summed E-state index contributed by atoms with van der Waals surface area (Å²) >= 11 is 5.57. The molecule has 0 aliphatic heterocycles. The SMILES string of the molecule is O=C(O)c1ccc(OCc2ccc(Cl)c(F)c2)cc1. The van der Waals surface area contributed by atoms with E-state index in [0.717, 1.165) is 0 Å². The Kier molecular flexibility index (Phi) is 4.02. The van der Waals surface area contributed by atoms with Crippen LogP contribution in [0.3, 0.4) is 0 Å². The van der Waals surface area contributed by atoms with Crippen LogP contribution in [0.4, 0.5) is 4.39 Å². The molecular weight excluding hydrogens is 271 g/mol. The number of carboxylic acid groups (broad SMARTS) is 1. The van der Waals surface area contributed by atoms with Crippen molar-refractivity contribution in [3.63, 3.8) is 0 Å². The second-order valence-electron chi connectivity index (χ2n) is 3.87. The van der Waals surface area contributed by atoms with Crippen LogP contribution in [0.5, 0.6) is 5.75 Å². The molecule has 2 aromatic rings. The first-order chi connectivity index (χ1) is 9.06. The first-order valence-electron chi connectivity index (χ1n) is 5.46. The molecule has 0 spiro atoms. The Morgan fingerprint density at radius 1 is 1.21 bits per heavy atom. The molecule has 3 nitrogen and oxygen atoms in total. The van der Waals surface area contributed by atoms with E-state index in [0.29, 0.717) is 11.3 Å². The largest absolute Gasteiger partial charge is 0.489 e. The van der Waals surface area contributed by atoms with Crippen LogP contribution in [0.25, 0.3) is 0 Å². The minimum Gasteiger partial charge on any atom is -0.489 e. The number of hydrogen-bond donors (Lipinski definition) is 1. The summed E-state index contributed by atoms with van der Waals surface area (Å²) in [6.45, 7) is 0.181. The molecule has 5 heteroatoms. The van der Waals surface area contributed by atoms with Gasteiger partial charge in [-0.2, -0.15) is 0 Å². The Hall–Kier alpha value is -2.07. The molecule has 0 heterocycles. The molecule has 1 N–H and O–H groups in total. The van der Waals surface area contributed by atoms with Crippen molar-refractivity contribution in [1.29, 1.82) is 0 Å². The van der Waals surface area contributed by atoms with Crippen LogP contribution >= 0.6 is 11.6 Å². The average Bonchev–Trinajstić information content (AvgIpc) is 2.40. The molecule has 2 rings (SSSR count). The molecule has 0 aliphatic rings. The molecule has 0 saturated carbocycles. The first-order valence-corrected chi connectivity index (χ1v) is 5.84. The van der Waals surface area contributed by atoms with Gasteiger partial charge >= 0.3 is 5.97 Å². The van der Waals surface area contributed by atoms with Crippen LogP contribution in [0.2, 0.25) is 5.02 Å². The van der Waals surface area contributed by atoms with E-state index in [1.807, 2.05) is 0 Å². The van der Waals surface area contributed by atoms with E-state index < -0.39 is 11.8 Å². The monoisotopic (exact) mass is 280 g/mol. The molecule has 0 atom stereocenters. The van der Waals surface area contributed by atoms with Gasteiger partial charge in [0.15, 0.2) is 0 Å². The van der Waals surface area contributed by atoms with Crippen molar-refractivity contribution >= 4 is 17.6 Å². The lowest BCUT2D eigenvalue weighted by atomic mass is 10.2. The third-order valence-corrected chi connectivity index (χ3v) is 2.80. The first kappa shape index (κ1) is 13.4. The zero-order valence-corrected chi connectivity index (χ0v) is 10.5. The van der Waals surface area contributed by atoms with Crippen LogP contribution in [0, 0.1) is 5.82 Å². The Morgan fingerprint density at radius 3 is 2.47 bits per heavy atom. The number of carboxylic acids is 1. The van der Waals surface area contributed by atoms with Crippen LogP contribution in [-0.2, 0) is 6.61 Å². The second-order valence-corrected chi connectivity index (χ2v) is 4.27. The summed E-state index contributed by atoms with van der Waals surface area (Å²) in [7, 11) is 0. The van der Waals surface area contributed by atoms with E-state index >= 15 is 0 Å². The van der Waals surface area contributed by atoms with Crippen molar-refractivity contribution < 1.29 is 19.0 Å². The topological polar surface area (TPSA) is 46.5 Å². The zero-order chi connectivity index (χ0) is 13.8. The van der Waals surface area contributed by atoms with Crippen LogP contribution < -0.4 is 4.74 Å². The van der Waals surface area contributed by atoms with Crippen molar-refractivity contribution in [3.05, 3.63) is 64.4 Å². The minimum absolute atomic E-state index is 0.0644. The molecule has 2 aromatic carbocycles. The standard InChI is InChI=1S/C14H10ClFO3/c15-12-6-1-9(7-13(12)16)8-19-11-4-2-10(3-5-11)14(17)18/h1-7H,8H2,(H,17,18). The van der Waals surface area contributed by atoms with Gasteiger partial charge in [-0.25, -0.2) is 9.18 Å². The van der Waals surface area contributed by atoms with Crippen LogP contribution in [0.1, 0.15) is 15.9 Å². The fourth-order valence-electron chi connectivity index (χ4n) is 1.49. The molecule has 0 aromatic heterocycles. The Morgan fingerprint density at radius 2 is 1.89 bits per heavy atom. The van der Waals surface area contributed by atoms with Crippen molar-refractivity contribution in [2.75, 3.05) is 0 Å². The summed E-state index contributed by atoms with van der Waals surface area (Å²) in [5, 5.41) is 8.81. The molecule has 98 valence electrons. The van der Waals surface area contributed by atoms with E-state index in [2.05, 4.69) is 0 Å². The van der Waals surface area contributed by atoms with Gasteiger partial charge in [0.1, 0.15) is 18.2 Å². The quantitative estimate of drug-likeness (QED) is 0.927. The Balaban J connectivity index is 2.01. The molecule has 0 bridgehead atoms. The van der Waals surface area contributed by atoms with Gasteiger partial charge in [-0.05, 0) is 42.0 Å². The molecule has 19 heavy (non-hydrogen) atoms. The second kappa shape index (κ2) is 5.71. The van der Waals surface area contributed by atoms with E-state index in [9.17, 15) is 9.18 Å². The van der Waals surface area contributed by atoms with Gasteiger partial charge < -0.3 is 9.84 Å². The predicted octanol–water partition coefficient (Wildman–Crippen LogP) is 3.76. The maximum atomic E-state index is 13.2. The minimum atomic E-state index is -0.994. The lowest BCUT2D eigenvalue weighted by Crippen LogP contribution is -1.98. The van der Waals surface area contributed by atoms with Crippen LogP contribution in [-0.4, -0.2) is 11.1 Å². The van der Waals surface area contributed by atoms with Crippen molar-refractivity contribution in [3.8, 4) is 5.75 Å². The van der Waals surface area contributed by atoms with E-state index in [-0.39, 0.29) is 17.2 Å². The number of aromatic carboxylic acids is 1. The molecule has 0 fully saturated rings. The maximum Gasteiger partial charge on any atom is 0.335 e. The van der Waals surface area contributed by atoms with E-state index in [1.54, 1.807) is 18.2 Å². The summed E-state index contributed by atoms with van der Waals surface area (Å²) < 4.78 is 18.6. The summed E-state index contributed by atoms with van der Waals surface area (Å²) in [6, 6.07) is 10.4. The predicted molar refractivity (Wildman–Crippen MR) is 69.1 cm³/mol. The van der Waals surface area contributed by atoms with E-state index in [4.69, 9.17) is 21.4 Å². The van der Waals surface area contributed by atoms with E-state index in [1.165, 1.54) is 24.3 Å². The highest BCUT2D eigenvalue weighted by Gasteiger charge is 2.04. The fraction of sp³-hybridized carbons (Fsp3) is 0.0714. The van der Waals surface area contributed by atoms with Gasteiger partial charge in [0.2, 0.25) is 0 Å². The van der Waals surface area contributed by atoms with Crippen molar-refractivity contribution in [1.82, 2.24) is 0 Å². The summed E-state index contributed by atoms with van der Waals surface area (Å²) in [6.07, 6.45) is 0. The smallest absolute Gasteiger partial charge is 0.335 e. The van der Waals surface area contributed by atoms with Gasteiger partial charge in [0, 0.05) is 0 Å². The van der Waals surface area contributed by atoms with Crippen LogP contribution in [0.15, 0.2) is 42.5 Å². The third kappa shape index (κ3) is 3.45. The number of rotatable bonds is 4. The fourth-order valence-corrected chi connectivity index (χ4v) is 1.61. The Labute approximate surface area is 114 Å². The van der Waals surface area contributed by atoms with Gasteiger partial charge in [-0.3, -0.25) is 0 Å². The van der Waals surface area contributed by atoms with Crippen molar-refractivity contribution in [2.24, 2.45) is 0 Å². The maximum absolute atomic E-state index is 13.2. The zero-order valence-electron chi connectivity index (χ0n) is 9.77. The number of carbonyl (C=O) groups is 1. The number of ether oxygens (including phenoxy) is 1. The lowest BCUT2D eigenvalue weighted by Gasteiger charge is -2.07. The molecule has 0 radical (unpaired) electrons. The summed E-state index contributed by atoms with van der Waals surface area (Å²) in [5.41, 5.74) is 0.828. The number of benzene rings is 2. The highest BCUT2D eigenvalue weighted by atomic mass is 35.5. The molecule has 0 saturated heterocycles. The average molecular weight is 281 g/mol. The molecule has 0 aliphatic carbocycles. The third-order valence-electron chi connectivity index (χ3n) is 2.49. The molecular formula is C14H10ClFO3. The van der Waals surface area contributed by atoms with Gasteiger partial charge in [0.05, 0.1) is 10.6 Å². The lowest BCUT2D eigenvalue weighted by molar-refractivity contribution is 0.0697.